The predicted molar refractivity (Wildman–Crippen MR) is 416 cm³/mol. The lowest BCUT2D eigenvalue weighted by Crippen LogP contribution is -2.53. The largest absolute Gasteiger partial charge is 0.524 e. The summed E-state index contributed by atoms with van der Waals surface area (Å²) in [5.74, 6) is -4.80. The molecule has 0 unspecified atom stereocenters. The van der Waals surface area contributed by atoms with Gasteiger partial charge < -0.3 is 93.4 Å². The second kappa shape index (κ2) is 42.7. The number of primary amides is 1. The molecule has 0 spiro atoms. The lowest BCUT2D eigenvalue weighted by molar-refractivity contribution is -0.137. The number of fused-ring (bicyclic) bond motifs is 6. The number of furan rings is 1. The zero-order valence-electron chi connectivity index (χ0n) is 62.8. The normalized spacial score (nSPS) is 14.9. The molecule has 0 bridgehead atoms. The topological polar surface area (TPSA) is 415 Å². The maximum absolute atomic E-state index is 14.7. The number of likely N-dealkylation sites (N-methyl/N-ethyl adjacent to an activating group) is 2. The molecule has 0 aliphatic carbocycles. The molecule has 0 saturated heterocycles. The first-order chi connectivity index (χ1) is 54.4. The molecule has 0 fully saturated rings. The number of rotatable bonds is 45. The van der Waals surface area contributed by atoms with Gasteiger partial charge in [0.1, 0.15) is 30.2 Å². The number of imide groups is 1. The maximum atomic E-state index is 14.7. The van der Waals surface area contributed by atoms with Crippen molar-refractivity contribution in [1.82, 2.24) is 30.7 Å². The Balaban J connectivity index is 0.705. The molecular weight excluding hydrogens is 1530 g/mol. The van der Waals surface area contributed by atoms with E-state index in [1.165, 1.54) is 50.0 Å². The van der Waals surface area contributed by atoms with Gasteiger partial charge in [0, 0.05) is 117 Å². The summed E-state index contributed by atoms with van der Waals surface area (Å²) in [6, 6.07) is 23.0. The second-order valence-corrected chi connectivity index (χ2v) is 28.0. The van der Waals surface area contributed by atoms with Crippen molar-refractivity contribution >= 4 is 129 Å². The number of halogens is 2. The third kappa shape index (κ3) is 24.3. The average Bonchev–Trinajstić information content (AvgIpc) is 1.61. The van der Waals surface area contributed by atoms with Gasteiger partial charge in [0.15, 0.2) is 11.5 Å². The number of nitrogens with one attached hydrogen (secondary N) is 4. The summed E-state index contributed by atoms with van der Waals surface area (Å²) in [6.45, 7) is 12.9. The molecule has 36 heteroatoms. The number of anilines is 3. The molecule has 9 rings (SSSR count). The summed E-state index contributed by atoms with van der Waals surface area (Å²) < 4.78 is 68.0. The van der Waals surface area contributed by atoms with Crippen LogP contribution in [-0.2, 0) is 68.3 Å². The molecule has 11 amide bonds. The monoisotopic (exact) mass is 1630 g/mol. The molecule has 0 saturated carbocycles. The molecule has 8 N–H and O–H groups in total. The van der Waals surface area contributed by atoms with Crippen LogP contribution >= 0.6 is 31.0 Å². The van der Waals surface area contributed by atoms with Gasteiger partial charge in [-0.15, -0.1) is 23.2 Å². The van der Waals surface area contributed by atoms with Crippen LogP contribution in [0.3, 0.4) is 0 Å². The Morgan fingerprint density at radius 1 is 0.637 bits per heavy atom. The minimum absolute atomic E-state index is 0.0154. The molecule has 113 heavy (non-hydrogen) atoms. The van der Waals surface area contributed by atoms with Gasteiger partial charge in [-0.3, -0.25) is 48.2 Å². The summed E-state index contributed by atoms with van der Waals surface area (Å²) in [5.41, 5.74) is 8.50. The fourth-order valence-corrected chi connectivity index (χ4v) is 13.7. The molecular formula is C77H93Cl2N10O23P. The first-order valence-corrected chi connectivity index (χ1v) is 39.3. The minimum Gasteiger partial charge on any atom is -0.446 e. The Kier molecular flexibility index (Phi) is 32.9. The maximum Gasteiger partial charge on any atom is 0.524 e. The van der Waals surface area contributed by atoms with Crippen LogP contribution in [0.2, 0.25) is 0 Å². The summed E-state index contributed by atoms with van der Waals surface area (Å²) >= 11 is 13.1. The minimum atomic E-state index is -5.04. The van der Waals surface area contributed by atoms with Crippen molar-refractivity contribution in [3.05, 3.63) is 150 Å². The van der Waals surface area contributed by atoms with Crippen LogP contribution in [0.15, 0.2) is 126 Å². The summed E-state index contributed by atoms with van der Waals surface area (Å²) in [4.78, 5) is 158. The third-order valence-corrected chi connectivity index (χ3v) is 19.6. The number of ether oxygens (including phenoxy) is 8. The second-order valence-electron chi connectivity index (χ2n) is 26.2. The molecule has 6 aromatic rings. The number of benzene rings is 5. The molecule has 4 atom stereocenters. The van der Waals surface area contributed by atoms with Crippen LogP contribution < -0.4 is 46.1 Å². The quantitative estimate of drug-likeness (QED) is 0.00629. The molecule has 33 nitrogen and oxygen atoms in total. The Bertz CT molecular complexity index is 4450. The highest BCUT2D eigenvalue weighted by molar-refractivity contribution is 7.46. The number of carbonyl (C=O) groups excluding carboxylic acids is 10. The van der Waals surface area contributed by atoms with Gasteiger partial charge in [-0.25, -0.2) is 18.9 Å². The average molecular weight is 1630 g/mol. The van der Waals surface area contributed by atoms with E-state index in [-0.39, 0.29) is 169 Å². The van der Waals surface area contributed by atoms with Crippen LogP contribution in [0.1, 0.15) is 89.7 Å². The van der Waals surface area contributed by atoms with E-state index in [1.807, 2.05) is 12.1 Å². The highest BCUT2D eigenvalue weighted by atomic mass is 35.5. The van der Waals surface area contributed by atoms with Gasteiger partial charge >= 0.3 is 26.0 Å². The lowest BCUT2D eigenvalue weighted by atomic mass is 9.95. The van der Waals surface area contributed by atoms with Crippen LogP contribution in [-0.4, -0.2) is 240 Å². The Morgan fingerprint density at radius 2 is 1.12 bits per heavy atom. The molecule has 3 aliphatic rings. The highest BCUT2D eigenvalue weighted by Gasteiger charge is 2.40. The van der Waals surface area contributed by atoms with E-state index in [0.717, 1.165) is 10.5 Å². The van der Waals surface area contributed by atoms with E-state index in [4.69, 9.17) is 75.8 Å². The third-order valence-electron chi connectivity index (χ3n) is 18.4. The number of urea groups is 1. The fourth-order valence-electron chi connectivity index (χ4n) is 12.8. The molecule has 1 aromatic heterocycles. The van der Waals surface area contributed by atoms with Gasteiger partial charge in [0.2, 0.25) is 17.7 Å². The first kappa shape index (κ1) is 86.9. The standard InChI is InChI=1S/C77H93Cl2N10O23P/c1-5-85(27-28-86(6-2)77(99)111-63-42-59-68(56-14-9-7-12-54(56)63)51(44-78)46-88(59)73(95)61-21-22-62(110-61)74(96)89-47-52(45-79)69-57-15-10-8-13-55(57)64(43-60(69)89)112-113(100,101)102)76(98)109-48-50-17-19-53(20-18-50)82-71(93)58(16-11-26-81-75(80)97)83-72(94)70(49(3)4)84-65(90)25-30-103-32-34-105-36-38-107-40-41-108-39-37-106-35-33-104-31-29-87-66(91)23-24-67(87)92/h7-10,12-15,17-24,42-43,51-52,58,70H,3,5-6,11,16,25-41,44-48H2,1-2,4H3,(H,82,93)(H,83,94)(H,84,90)(H3,80,81,97)(H2,100,101,102)/t51-,52-,58+,70+/m1/s1. The number of nitrogens with two attached hydrogens (primary N) is 1. The van der Waals surface area contributed by atoms with Crippen molar-refractivity contribution in [3.63, 3.8) is 0 Å². The highest BCUT2D eigenvalue weighted by Crippen LogP contribution is 2.50. The van der Waals surface area contributed by atoms with Crippen molar-refractivity contribution in [2.75, 3.05) is 159 Å². The summed E-state index contributed by atoms with van der Waals surface area (Å²) in [7, 11) is -5.04. The number of amides is 11. The smallest absolute Gasteiger partial charge is 0.446 e. The van der Waals surface area contributed by atoms with E-state index >= 15 is 0 Å². The number of carbonyl (C=O) groups is 10. The van der Waals surface area contributed by atoms with E-state index < -0.39 is 67.7 Å². The Labute approximate surface area is 661 Å². The van der Waals surface area contributed by atoms with Crippen LogP contribution in [0.4, 0.5) is 31.4 Å². The number of nitrogens with zero attached hydrogens (tertiary/aromatic N) is 5. The van der Waals surface area contributed by atoms with Crippen molar-refractivity contribution < 1.29 is 109 Å². The zero-order chi connectivity index (χ0) is 81.1. The molecule has 608 valence electrons. The van der Waals surface area contributed by atoms with Crippen molar-refractivity contribution in [2.45, 2.75) is 70.6 Å². The van der Waals surface area contributed by atoms with Gasteiger partial charge in [0.05, 0.1) is 97.2 Å². The van der Waals surface area contributed by atoms with Crippen molar-refractivity contribution in [2.24, 2.45) is 5.73 Å². The van der Waals surface area contributed by atoms with E-state index in [2.05, 4.69) is 27.8 Å². The number of hydrogen-bond acceptors (Lipinski definition) is 21. The van der Waals surface area contributed by atoms with E-state index in [1.54, 1.807) is 87.5 Å². The van der Waals surface area contributed by atoms with Gasteiger partial charge in [-0.2, -0.15) is 0 Å². The van der Waals surface area contributed by atoms with Crippen molar-refractivity contribution in [1.29, 1.82) is 0 Å². The molecule has 0 radical (unpaired) electrons. The SMILES string of the molecule is C=C(C)[C@H](NC(=O)CCOCCOCCOCCOCCOCCOCCN1C(=O)C=CC1=O)C(=O)N[C@@H](CCCNC(N)=O)C(=O)Nc1ccc(COC(=O)N(CC)CCN(CC)C(=O)Oc2cc3c(c4ccccc24)[C@H](CCl)CN3C(=O)c2ccc(C(=O)N3C[C@@H](CCl)c4c3cc(OP(=O)(O)O)c3ccccc43)o2)cc1. The summed E-state index contributed by atoms with van der Waals surface area (Å²) in [5, 5.41) is 12.8. The number of hydrogen-bond donors (Lipinski definition) is 7. The first-order valence-electron chi connectivity index (χ1n) is 36.7. The van der Waals surface area contributed by atoms with Crippen LogP contribution in [0, 0.1) is 0 Å². The molecule has 3 aliphatic heterocycles. The Morgan fingerprint density at radius 3 is 1.60 bits per heavy atom. The summed E-state index contributed by atoms with van der Waals surface area (Å²) in [6.07, 6.45) is 1.18. The molecule has 4 heterocycles. The van der Waals surface area contributed by atoms with E-state index in [0.29, 0.717) is 103 Å². The van der Waals surface area contributed by atoms with E-state index in [9.17, 15) is 62.3 Å². The Hall–Kier alpha value is -10.0. The lowest BCUT2D eigenvalue weighted by Gasteiger charge is -2.26. The van der Waals surface area contributed by atoms with Crippen LogP contribution in [0.25, 0.3) is 21.5 Å². The predicted octanol–water partition coefficient (Wildman–Crippen LogP) is 7.85. The number of phosphoric ester groups is 1. The van der Waals surface area contributed by atoms with Crippen molar-refractivity contribution in [3.8, 4) is 11.5 Å². The van der Waals surface area contributed by atoms with Gasteiger partial charge in [0.25, 0.3) is 23.6 Å². The number of phosphoric acid groups is 1. The van der Waals surface area contributed by atoms with Gasteiger partial charge in [-0.05, 0) is 90.9 Å². The zero-order valence-corrected chi connectivity index (χ0v) is 65.2. The van der Waals surface area contributed by atoms with Gasteiger partial charge in [-0.1, -0.05) is 67.2 Å². The molecule has 5 aromatic carbocycles. The van der Waals surface area contributed by atoms with Crippen LogP contribution in [0.5, 0.6) is 11.5 Å². The fraction of sp³-hybridized carbons (Fsp3) is 0.429. The number of alkyl halides is 2.